The Bertz CT molecular complexity index is 601. The molecule has 1 aromatic rings. The highest BCUT2D eigenvalue weighted by molar-refractivity contribution is 6.83. The number of carbonyl (C=O) groups excluding carboxylic acids is 1. The molecule has 0 spiro atoms. The Morgan fingerprint density at radius 1 is 1.21 bits per heavy atom. The van der Waals surface area contributed by atoms with Crippen LogP contribution in [0.3, 0.4) is 0 Å². The zero-order valence-electron chi connectivity index (χ0n) is 15.8. The first-order valence-electron chi connectivity index (χ1n) is 8.12. The fraction of sp³-hybridized carbons (Fsp3) is 0.526. The SMILES string of the molecule is COC[C@H](NC(=O)OC(C)(C)C)c1ccc(C#C[Si](C)(C)C)cc1. The molecule has 1 amide bonds. The Labute approximate surface area is 146 Å². The molecule has 132 valence electrons. The zero-order valence-corrected chi connectivity index (χ0v) is 16.8. The molecule has 1 atom stereocenters. The Morgan fingerprint density at radius 3 is 2.25 bits per heavy atom. The van der Waals surface area contributed by atoms with Gasteiger partial charge in [-0.3, -0.25) is 0 Å². The lowest BCUT2D eigenvalue weighted by Gasteiger charge is -2.23. The van der Waals surface area contributed by atoms with E-state index in [1.54, 1.807) is 7.11 Å². The predicted molar refractivity (Wildman–Crippen MR) is 101 cm³/mol. The number of amides is 1. The summed E-state index contributed by atoms with van der Waals surface area (Å²) in [5.74, 6) is 3.22. The number of ether oxygens (including phenoxy) is 2. The molecule has 0 aliphatic carbocycles. The second-order valence-electron chi connectivity index (χ2n) is 7.78. The molecular formula is C19H29NO3Si. The molecule has 4 nitrogen and oxygen atoms in total. The second kappa shape index (κ2) is 8.36. The first-order chi connectivity index (χ1) is 11.0. The van der Waals surface area contributed by atoms with Crippen LogP contribution in [0, 0.1) is 11.5 Å². The Morgan fingerprint density at radius 2 is 1.79 bits per heavy atom. The van der Waals surface area contributed by atoms with Gasteiger partial charge in [0.1, 0.15) is 13.7 Å². The van der Waals surface area contributed by atoms with Gasteiger partial charge in [0.25, 0.3) is 0 Å². The maximum atomic E-state index is 12.0. The molecule has 0 aromatic heterocycles. The van der Waals surface area contributed by atoms with E-state index in [9.17, 15) is 4.79 Å². The van der Waals surface area contributed by atoms with E-state index in [-0.39, 0.29) is 6.04 Å². The summed E-state index contributed by atoms with van der Waals surface area (Å²) in [6.07, 6.45) is -0.452. The molecule has 0 fully saturated rings. The van der Waals surface area contributed by atoms with Crippen LogP contribution in [-0.4, -0.2) is 33.5 Å². The van der Waals surface area contributed by atoms with E-state index in [1.807, 2.05) is 45.0 Å². The minimum Gasteiger partial charge on any atom is -0.444 e. The number of carbonyl (C=O) groups is 1. The van der Waals surface area contributed by atoms with Crippen molar-refractivity contribution in [2.24, 2.45) is 0 Å². The molecular weight excluding hydrogens is 318 g/mol. The first kappa shape index (κ1) is 20.3. The van der Waals surface area contributed by atoms with Crippen molar-refractivity contribution >= 4 is 14.2 Å². The van der Waals surface area contributed by atoms with Crippen molar-refractivity contribution in [1.29, 1.82) is 0 Å². The van der Waals surface area contributed by atoms with E-state index in [4.69, 9.17) is 9.47 Å². The van der Waals surface area contributed by atoms with Crippen molar-refractivity contribution in [3.63, 3.8) is 0 Å². The standard InChI is InChI=1S/C19H29NO3Si/c1-19(2,3)23-18(21)20-17(14-22-4)16-10-8-15(9-11-16)12-13-24(5,6)7/h8-11,17H,14H2,1-7H3,(H,20,21)/t17-/m0/s1. The van der Waals surface area contributed by atoms with Gasteiger partial charge in [-0.05, 0) is 38.5 Å². The van der Waals surface area contributed by atoms with Crippen LogP contribution in [0.25, 0.3) is 0 Å². The minimum absolute atomic E-state index is 0.260. The largest absolute Gasteiger partial charge is 0.444 e. The molecule has 0 heterocycles. The van der Waals surface area contributed by atoms with E-state index in [0.29, 0.717) is 6.61 Å². The summed E-state index contributed by atoms with van der Waals surface area (Å²) in [5, 5.41) is 2.85. The molecule has 0 saturated carbocycles. The molecule has 0 bridgehead atoms. The Hall–Kier alpha value is -1.77. The van der Waals surface area contributed by atoms with Crippen LogP contribution in [0.15, 0.2) is 24.3 Å². The first-order valence-corrected chi connectivity index (χ1v) is 11.6. The second-order valence-corrected chi connectivity index (χ2v) is 12.5. The predicted octanol–water partition coefficient (Wildman–Crippen LogP) is 4.13. The number of hydrogen-bond donors (Lipinski definition) is 1. The van der Waals surface area contributed by atoms with E-state index in [0.717, 1.165) is 11.1 Å². The average Bonchev–Trinajstić information content (AvgIpc) is 2.42. The monoisotopic (exact) mass is 347 g/mol. The van der Waals surface area contributed by atoms with Crippen LogP contribution >= 0.6 is 0 Å². The van der Waals surface area contributed by atoms with Gasteiger partial charge in [-0.15, -0.1) is 5.54 Å². The number of hydrogen-bond acceptors (Lipinski definition) is 3. The van der Waals surface area contributed by atoms with Gasteiger partial charge in [0.15, 0.2) is 0 Å². The Balaban J connectivity index is 2.85. The van der Waals surface area contributed by atoms with Crippen LogP contribution in [0.1, 0.15) is 37.9 Å². The van der Waals surface area contributed by atoms with E-state index in [2.05, 4.69) is 36.4 Å². The summed E-state index contributed by atoms with van der Waals surface area (Å²) in [6, 6.07) is 7.62. The summed E-state index contributed by atoms with van der Waals surface area (Å²) in [5.41, 5.74) is 4.76. The highest BCUT2D eigenvalue weighted by atomic mass is 28.3. The number of rotatable bonds is 4. The maximum Gasteiger partial charge on any atom is 0.408 e. The van der Waals surface area contributed by atoms with Gasteiger partial charge >= 0.3 is 6.09 Å². The summed E-state index contributed by atoms with van der Waals surface area (Å²) in [7, 11) is 0.221. The third kappa shape index (κ3) is 8.18. The molecule has 0 aliphatic rings. The van der Waals surface area contributed by atoms with Crippen LogP contribution in [0.5, 0.6) is 0 Å². The van der Waals surface area contributed by atoms with Crippen LogP contribution in [0.4, 0.5) is 4.79 Å². The summed E-state index contributed by atoms with van der Waals surface area (Å²) in [6.45, 7) is 12.5. The molecule has 0 unspecified atom stereocenters. The quantitative estimate of drug-likeness (QED) is 0.658. The summed E-state index contributed by atoms with van der Waals surface area (Å²) >= 11 is 0. The van der Waals surface area contributed by atoms with Gasteiger partial charge < -0.3 is 14.8 Å². The van der Waals surface area contributed by atoms with Gasteiger partial charge in [-0.2, -0.15) is 0 Å². The zero-order chi connectivity index (χ0) is 18.4. The van der Waals surface area contributed by atoms with Gasteiger partial charge in [-0.1, -0.05) is 37.7 Å². The molecule has 1 rings (SSSR count). The van der Waals surface area contributed by atoms with Crippen LogP contribution in [-0.2, 0) is 9.47 Å². The topological polar surface area (TPSA) is 47.6 Å². The number of nitrogens with one attached hydrogen (secondary N) is 1. The molecule has 24 heavy (non-hydrogen) atoms. The lowest BCUT2D eigenvalue weighted by molar-refractivity contribution is 0.0468. The summed E-state index contributed by atoms with van der Waals surface area (Å²) in [4.78, 5) is 12.0. The third-order valence-corrected chi connectivity index (χ3v) is 3.79. The molecule has 5 heteroatoms. The maximum absolute atomic E-state index is 12.0. The Kier molecular flexibility index (Phi) is 7.06. The fourth-order valence-electron chi connectivity index (χ4n) is 1.90. The highest BCUT2D eigenvalue weighted by Crippen LogP contribution is 2.16. The van der Waals surface area contributed by atoms with Crippen molar-refractivity contribution in [2.45, 2.75) is 52.1 Å². The van der Waals surface area contributed by atoms with Crippen LogP contribution in [0.2, 0.25) is 19.6 Å². The molecule has 0 saturated heterocycles. The normalized spacial score (nSPS) is 12.8. The van der Waals surface area contributed by atoms with Crippen molar-refractivity contribution in [2.75, 3.05) is 13.7 Å². The number of benzene rings is 1. The van der Waals surface area contributed by atoms with Gasteiger partial charge in [0.2, 0.25) is 0 Å². The number of methoxy groups -OCH3 is 1. The average molecular weight is 348 g/mol. The van der Waals surface area contributed by atoms with Gasteiger partial charge in [0.05, 0.1) is 12.6 Å². The molecule has 0 aliphatic heterocycles. The minimum atomic E-state index is -1.39. The van der Waals surface area contributed by atoms with Crippen molar-refractivity contribution in [3.8, 4) is 11.5 Å². The van der Waals surface area contributed by atoms with Crippen molar-refractivity contribution in [3.05, 3.63) is 35.4 Å². The van der Waals surface area contributed by atoms with Crippen molar-refractivity contribution < 1.29 is 14.3 Å². The highest BCUT2D eigenvalue weighted by Gasteiger charge is 2.20. The van der Waals surface area contributed by atoms with Gasteiger partial charge in [-0.25, -0.2) is 4.79 Å². The molecule has 1 aromatic carbocycles. The lowest BCUT2D eigenvalue weighted by Crippen LogP contribution is -2.36. The smallest absolute Gasteiger partial charge is 0.408 e. The molecule has 1 N–H and O–H groups in total. The van der Waals surface area contributed by atoms with E-state index < -0.39 is 19.8 Å². The lowest BCUT2D eigenvalue weighted by atomic mass is 10.1. The van der Waals surface area contributed by atoms with Crippen molar-refractivity contribution in [1.82, 2.24) is 5.32 Å². The van der Waals surface area contributed by atoms with Gasteiger partial charge in [0, 0.05) is 12.7 Å². The third-order valence-electron chi connectivity index (χ3n) is 2.92. The fourth-order valence-corrected chi connectivity index (χ4v) is 2.42. The molecule has 0 radical (unpaired) electrons. The summed E-state index contributed by atoms with van der Waals surface area (Å²) < 4.78 is 10.5. The van der Waals surface area contributed by atoms with E-state index >= 15 is 0 Å². The van der Waals surface area contributed by atoms with Crippen LogP contribution < -0.4 is 5.32 Å². The number of alkyl carbamates (subject to hydrolysis) is 1. The van der Waals surface area contributed by atoms with E-state index in [1.165, 1.54) is 0 Å².